The van der Waals surface area contributed by atoms with Crippen molar-refractivity contribution in [3.05, 3.63) is 77.0 Å². The van der Waals surface area contributed by atoms with Gasteiger partial charge in [0.15, 0.2) is 0 Å². The smallest absolute Gasteiger partial charge is 0.231 e. The van der Waals surface area contributed by atoms with Crippen LogP contribution in [0, 0.1) is 0 Å². The number of anilines is 3. The number of nitrogens with zero attached hydrogens (tertiary/aromatic N) is 6. The summed E-state index contributed by atoms with van der Waals surface area (Å²) < 4.78 is 23.3. The van der Waals surface area contributed by atoms with Crippen molar-refractivity contribution < 1.29 is 9.13 Å². The number of benzene rings is 2. The molecule has 0 aliphatic carbocycles. The predicted octanol–water partition coefficient (Wildman–Crippen LogP) is 5.21. The first kappa shape index (κ1) is 30.6. The van der Waals surface area contributed by atoms with Gasteiger partial charge in [0.2, 0.25) is 21.8 Å². The molecule has 2 aromatic heterocycles. The SMILES string of the molecule is CP(C)(=O)c1ccc(N)cc1.CP(C)(=O)c1ccc(Nc2ncnc(Cl)n2)cc1.Clc1ncnc(Cl)n1. The quantitative estimate of drug-likeness (QED) is 0.236. The van der Waals surface area contributed by atoms with E-state index in [1.165, 1.54) is 12.7 Å². The van der Waals surface area contributed by atoms with Gasteiger partial charge in [0, 0.05) is 22.0 Å². The highest BCUT2D eigenvalue weighted by Crippen LogP contribution is 2.35. The Balaban J connectivity index is 0.000000215. The number of nitrogen functional groups attached to an aromatic ring is 1. The van der Waals surface area contributed by atoms with Crippen LogP contribution >= 0.6 is 49.1 Å². The molecule has 2 heterocycles. The summed E-state index contributed by atoms with van der Waals surface area (Å²) in [6.45, 7) is 6.97. The van der Waals surface area contributed by atoms with Crippen LogP contribution in [0.4, 0.5) is 17.3 Å². The van der Waals surface area contributed by atoms with Crippen molar-refractivity contribution in [1.29, 1.82) is 0 Å². The van der Waals surface area contributed by atoms with E-state index in [2.05, 4.69) is 35.2 Å². The lowest BCUT2D eigenvalue weighted by atomic mass is 10.3. The number of hydrogen-bond acceptors (Lipinski definition) is 10. The standard InChI is InChI=1S/C11H12ClN4OP.C8H12NOP.C3HCl2N3/c1-18(2,17)9-5-3-8(4-6-9)15-11-14-7-13-10(12)16-11;1-11(2,10)8-5-3-7(9)4-6-8;4-2-6-1-7-3(5)8-2/h3-7H,1-2H3,(H,13,14,15,16);3-6H,9H2,1-2H3;1H. The zero-order valence-electron chi connectivity index (χ0n) is 20.4. The van der Waals surface area contributed by atoms with Crippen molar-refractivity contribution in [2.24, 2.45) is 0 Å². The van der Waals surface area contributed by atoms with Crippen LogP contribution in [-0.2, 0) is 9.13 Å². The fourth-order valence-electron chi connectivity index (χ4n) is 2.46. The summed E-state index contributed by atoms with van der Waals surface area (Å²) in [6.07, 6.45) is 2.58. The van der Waals surface area contributed by atoms with E-state index in [1.54, 1.807) is 38.8 Å². The maximum Gasteiger partial charge on any atom is 0.231 e. The Morgan fingerprint density at radius 3 is 1.43 bits per heavy atom. The molecule has 4 aromatic rings. The second-order valence-corrected chi connectivity index (χ2v) is 15.5. The molecule has 37 heavy (non-hydrogen) atoms. The highest BCUT2D eigenvalue weighted by molar-refractivity contribution is 7.70. The summed E-state index contributed by atoms with van der Waals surface area (Å²) >= 11 is 16.3. The molecular formula is C22H25Cl3N8O2P2. The molecule has 2 aromatic carbocycles. The molecule has 0 spiro atoms. The number of rotatable bonds is 4. The number of nitrogens with two attached hydrogens (primary N) is 1. The Bertz CT molecular complexity index is 1380. The molecule has 0 amide bonds. The van der Waals surface area contributed by atoms with E-state index in [1.807, 2.05) is 36.4 Å². The Morgan fingerprint density at radius 1 is 0.649 bits per heavy atom. The molecule has 3 N–H and O–H groups in total. The minimum atomic E-state index is -2.22. The van der Waals surface area contributed by atoms with E-state index in [0.717, 1.165) is 16.3 Å². The monoisotopic (exact) mass is 600 g/mol. The van der Waals surface area contributed by atoms with Crippen molar-refractivity contribution in [2.45, 2.75) is 0 Å². The summed E-state index contributed by atoms with van der Waals surface area (Å²) in [5.74, 6) is 0.374. The summed E-state index contributed by atoms with van der Waals surface area (Å²) in [6, 6.07) is 14.5. The average molecular weight is 602 g/mol. The second-order valence-electron chi connectivity index (χ2n) is 8.07. The molecular weight excluding hydrogens is 577 g/mol. The minimum absolute atomic E-state index is 0.116. The number of aromatic nitrogens is 6. The van der Waals surface area contributed by atoms with Gasteiger partial charge in [-0.3, -0.25) is 0 Å². The first-order valence-electron chi connectivity index (χ1n) is 10.4. The molecule has 0 radical (unpaired) electrons. The van der Waals surface area contributed by atoms with Crippen LogP contribution < -0.4 is 21.7 Å². The van der Waals surface area contributed by atoms with E-state index in [9.17, 15) is 9.13 Å². The van der Waals surface area contributed by atoms with E-state index in [4.69, 9.17) is 40.5 Å². The first-order valence-corrected chi connectivity index (χ1v) is 16.8. The molecule has 0 bridgehead atoms. The van der Waals surface area contributed by atoms with Crippen LogP contribution in [0.2, 0.25) is 15.9 Å². The topological polar surface area (TPSA) is 150 Å². The molecule has 0 saturated carbocycles. The van der Waals surface area contributed by atoms with Crippen LogP contribution in [-0.4, -0.2) is 56.6 Å². The van der Waals surface area contributed by atoms with Crippen LogP contribution in [0.5, 0.6) is 0 Å². The third kappa shape index (κ3) is 11.5. The summed E-state index contributed by atoms with van der Waals surface area (Å²) in [5.41, 5.74) is 6.99. The maximum atomic E-state index is 11.9. The average Bonchev–Trinajstić information content (AvgIpc) is 2.79. The summed E-state index contributed by atoms with van der Waals surface area (Å²) in [4.78, 5) is 22.0. The molecule has 4 rings (SSSR count). The van der Waals surface area contributed by atoms with Crippen molar-refractivity contribution in [2.75, 3.05) is 37.7 Å². The van der Waals surface area contributed by atoms with Gasteiger partial charge >= 0.3 is 0 Å². The first-order chi connectivity index (χ1) is 17.2. The highest BCUT2D eigenvalue weighted by atomic mass is 35.5. The lowest BCUT2D eigenvalue weighted by Gasteiger charge is -2.08. The number of hydrogen-bond donors (Lipinski definition) is 2. The fourth-order valence-corrected chi connectivity index (χ4v) is 4.61. The van der Waals surface area contributed by atoms with Gasteiger partial charge in [-0.1, -0.05) is 0 Å². The maximum absolute atomic E-state index is 11.9. The largest absolute Gasteiger partial charge is 0.399 e. The normalized spacial score (nSPS) is 10.9. The predicted molar refractivity (Wildman–Crippen MR) is 153 cm³/mol. The minimum Gasteiger partial charge on any atom is -0.399 e. The van der Waals surface area contributed by atoms with Gasteiger partial charge in [0.25, 0.3) is 0 Å². The number of nitrogens with one attached hydrogen (secondary N) is 1. The lowest BCUT2D eigenvalue weighted by molar-refractivity contribution is 0.587. The van der Waals surface area contributed by atoms with Gasteiger partial charge < -0.3 is 20.2 Å². The highest BCUT2D eigenvalue weighted by Gasteiger charge is 2.10. The Hall–Kier alpha value is -2.61. The second kappa shape index (κ2) is 13.8. The van der Waals surface area contributed by atoms with Gasteiger partial charge in [-0.25, -0.2) is 19.9 Å². The molecule has 0 unspecified atom stereocenters. The third-order valence-corrected chi connectivity index (χ3v) is 7.95. The van der Waals surface area contributed by atoms with Crippen molar-refractivity contribution in [3.63, 3.8) is 0 Å². The van der Waals surface area contributed by atoms with Crippen molar-refractivity contribution >= 4 is 77.0 Å². The molecule has 0 aliphatic rings. The van der Waals surface area contributed by atoms with Crippen molar-refractivity contribution in [3.8, 4) is 0 Å². The van der Waals surface area contributed by atoms with Gasteiger partial charge in [0.05, 0.1) is 0 Å². The third-order valence-electron chi connectivity index (χ3n) is 4.32. The Morgan fingerprint density at radius 2 is 1.05 bits per heavy atom. The van der Waals surface area contributed by atoms with Crippen LogP contribution in [0.1, 0.15) is 0 Å². The number of halogens is 3. The molecule has 0 saturated heterocycles. The van der Waals surface area contributed by atoms with Gasteiger partial charge in [-0.2, -0.15) is 9.97 Å². The molecule has 0 atom stereocenters. The van der Waals surface area contributed by atoms with Crippen LogP contribution in [0.3, 0.4) is 0 Å². The molecule has 10 nitrogen and oxygen atoms in total. The van der Waals surface area contributed by atoms with Gasteiger partial charge in [-0.15, -0.1) is 0 Å². The van der Waals surface area contributed by atoms with E-state index >= 15 is 0 Å². The van der Waals surface area contributed by atoms with E-state index < -0.39 is 14.3 Å². The van der Waals surface area contributed by atoms with Gasteiger partial charge in [-0.05, 0) is 110 Å². The summed E-state index contributed by atoms with van der Waals surface area (Å²) in [7, 11) is -4.31. The molecule has 15 heteroatoms. The Kier molecular flexibility index (Phi) is 11.4. The fraction of sp³-hybridized carbons (Fsp3) is 0.182. The lowest BCUT2D eigenvalue weighted by Crippen LogP contribution is -2.03. The van der Waals surface area contributed by atoms with Crippen LogP contribution in [0.25, 0.3) is 0 Å². The van der Waals surface area contributed by atoms with Gasteiger partial charge in [0.1, 0.15) is 26.9 Å². The zero-order chi connectivity index (χ0) is 27.6. The zero-order valence-corrected chi connectivity index (χ0v) is 24.4. The molecule has 196 valence electrons. The van der Waals surface area contributed by atoms with Crippen molar-refractivity contribution in [1.82, 2.24) is 29.9 Å². The van der Waals surface area contributed by atoms with E-state index in [0.29, 0.717) is 11.6 Å². The molecule has 0 fully saturated rings. The Labute approximate surface area is 230 Å². The molecule has 0 aliphatic heterocycles. The summed E-state index contributed by atoms with van der Waals surface area (Å²) in [5, 5.41) is 5.07. The van der Waals surface area contributed by atoms with E-state index in [-0.39, 0.29) is 15.9 Å². The van der Waals surface area contributed by atoms with Crippen LogP contribution in [0.15, 0.2) is 61.2 Å².